The molecule has 130 valence electrons. The second-order valence-corrected chi connectivity index (χ2v) is 6.81. The lowest BCUT2D eigenvalue weighted by molar-refractivity contribution is -0.137. The first-order valence-electron chi connectivity index (χ1n) is 8.19. The number of rotatable bonds is 4. The minimum atomic E-state index is -0.606. The van der Waals surface area contributed by atoms with Gasteiger partial charge in [-0.2, -0.15) is 0 Å². The summed E-state index contributed by atoms with van der Waals surface area (Å²) < 4.78 is 5.72. The van der Waals surface area contributed by atoms with Gasteiger partial charge < -0.3 is 9.64 Å². The second kappa shape index (κ2) is 7.94. The molecule has 1 aliphatic heterocycles. The zero-order valence-corrected chi connectivity index (χ0v) is 15.4. The van der Waals surface area contributed by atoms with Crippen LogP contribution in [0, 0.1) is 0 Å². The van der Waals surface area contributed by atoms with Gasteiger partial charge in [0.25, 0.3) is 5.91 Å². The van der Waals surface area contributed by atoms with Crippen LogP contribution >= 0.6 is 23.2 Å². The Morgan fingerprint density at radius 2 is 1.92 bits per heavy atom. The maximum absolute atomic E-state index is 12.6. The van der Waals surface area contributed by atoms with Gasteiger partial charge in [0, 0.05) is 18.1 Å². The minimum Gasteiger partial charge on any atom is -0.479 e. The van der Waals surface area contributed by atoms with Gasteiger partial charge in [-0.25, -0.2) is 0 Å². The average Bonchev–Trinajstić information content (AvgIpc) is 2.64. The predicted octanol–water partition coefficient (Wildman–Crippen LogP) is 5.08. The van der Waals surface area contributed by atoms with Crippen LogP contribution in [0.5, 0.6) is 5.75 Å². The van der Waals surface area contributed by atoms with Crippen molar-refractivity contribution in [1.82, 2.24) is 4.90 Å². The van der Waals surface area contributed by atoms with Crippen LogP contribution in [0.1, 0.15) is 18.9 Å². The van der Waals surface area contributed by atoms with Crippen molar-refractivity contribution in [3.05, 3.63) is 70.2 Å². The van der Waals surface area contributed by atoms with Crippen molar-refractivity contribution in [2.24, 2.45) is 0 Å². The van der Waals surface area contributed by atoms with Gasteiger partial charge in [-0.1, -0.05) is 59.6 Å². The van der Waals surface area contributed by atoms with E-state index in [4.69, 9.17) is 27.9 Å². The molecular formula is C20H19Cl2NO2. The van der Waals surface area contributed by atoms with Crippen LogP contribution in [0.4, 0.5) is 0 Å². The summed E-state index contributed by atoms with van der Waals surface area (Å²) >= 11 is 12.0. The largest absolute Gasteiger partial charge is 0.479 e. The molecule has 0 saturated carbocycles. The molecule has 0 fully saturated rings. The van der Waals surface area contributed by atoms with Gasteiger partial charge in [0.2, 0.25) is 0 Å². The van der Waals surface area contributed by atoms with Crippen molar-refractivity contribution < 1.29 is 9.53 Å². The van der Waals surface area contributed by atoms with Crippen LogP contribution in [-0.2, 0) is 4.79 Å². The number of carbonyl (C=O) groups is 1. The van der Waals surface area contributed by atoms with Gasteiger partial charge in [0.05, 0.1) is 5.02 Å². The molecule has 0 saturated heterocycles. The second-order valence-electron chi connectivity index (χ2n) is 5.96. The summed E-state index contributed by atoms with van der Waals surface area (Å²) in [5.41, 5.74) is 2.49. The Kier molecular flexibility index (Phi) is 5.67. The van der Waals surface area contributed by atoms with E-state index in [0.29, 0.717) is 28.9 Å². The van der Waals surface area contributed by atoms with Crippen molar-refractivity contribution in [3.63, 3.8) is 0 Å². The third-order valence-corrected chi connectivity index (χ3v) is 4.74. The van der Waals surface area contributed by atoms with E-state index in [2.05, 4.69) is 18.2 Å². The summed E-state index contributed by atoms with van der Waals surface area (Å²) in [5.74, 6) is 0.416. The molecule has 2 aromatic carbocycles. The first-order chi connectivity index (χ1) is 12.0. The standard InChI is InChI=1S/C20H19Cl2NO2/c1-14(25-19-8-7-17(21)13-18(19)22)20(24)23-11-9-16(10-12-23)15-5-3-2-4-6-15/h2-9,13-14H,10-12H2,1H3. The molecule has 0 aliphatic carbocycles. The van der Waals surface area contributed by atoms with Crippen LogP contribution in [0.3, 0.4) is 0 Å². The smallest absolute Gasteiger partial charge is 0.263 e. The van der Waals surface area contributed by atoms with Gasteiger partial charge in [0.15, 0.2) is 6.10 Å². The number of hydrogen-bond donors (Lipinski definition) is 0. The number of halogens is 2. The Balaban J connectivity index is 1.63. The highest BCUT2D eigenvalue weighted by molar-refractivity contribution is 6.35. The Bertz CT molecular complexity index is 790. The van der Waals surface area contributed by atoms with Crippen LogP contribution in [0.15, 0.2) is 54.6 Å². The molecule has 5 heteroatoms. The number of hydrogen-bond acceptors (Lipinski definition) is 2. The molecule has 0 aromatic heterocycles. The number of benzene rings is 2. The third-order valence-electron chi connectivity index (χ3n) is 4.21. The Labute approximate surface area is 157 Å². The maximum Gasteiger partial charge on any atom is 0.263 e. The minimum absolute atomic E-state index is 0.0469. The maximum atomic E-state index is 12.6. The van der Waals surface area contributed by atoms with Crippen molar-refractivity contribution in [2.45, 2.75) is 19.4 Å². The van der Waals surface area contributed by atoms with E-state index in [1.807, 2.05) is 18.2 Å². The molecule has 1 unspecified atom stereocenters. The molecule has 0 spiro atoms. The fourth-order valence-corrected chi connectivity index (χ4v) is 3.31. The summed E-state index contributed by atoms with van der Waals surface area (Å²) in [6.07, 6.45) is 2.34. The number of ether oxygens (including phenoxy) is 1. The highest BCUT2D eigenvalue weighted by Crippen LogP contribution is 2.29. The molecule has 3 rings (SSSR count). The normalized spacial score (nSPS) is 15.5. The third kappa shape index (κ3) is 4.36. The van der Waals surface area contributed by atoms with Gasteiger partial charge in [-0.05, 0) is 42.7 Å². The van der Waals surface area contributed by atoms with Crippen molar-refractivity contribution in [2.75, 3.05) is 13.1 Å². The number of carbonyl (C=O) groups excluding carboxylic acids is 1. The molecule has 2 aromatic rings. The molecule has 1 amide bonds. The summed E-state index contributed by atoms with van der Waals surface area (Å²) in [7, 11) is 0. The van der Waals surface area contributed by atoms with E-state index in [1.165, 1.54) is 11.1 Å². The molecule has 1 atom stereocenters. The van der Waals surface area contributed by atoms with Crippen LogP contribution in [0.2, 0.25) is 10.0 Å². The van der Waals surface area contributed by atoms with E-state index < -0.39 is 6.10 Å². The van der Waals surface area contributed by atoms with Gasteiger partial charge in [0.1, 0.15) is 5.75 Å². The fraction of sp³-hybridized carbons (Fsp3) is 0.250. The number of amides is 1. The van der Waals surface area contributed by atoms with Crippen molar-refractivity contribution in [3.8, 4) is 5.75 Å². The van der Waals surface area contributed by atoms with Gasteiger partial charge >= 0.3 is 0 Å². The Hall–Kier alpha value is -1.97. The summed E-state index contributed by atoms with van der Waals surface area (Å²) in [6, 6.07) is 15.2. The molecule has 3 nitrogen and oxygen atoms in total. The molecule has 1 heterocycles. The van der Waals surface area contributed by atoms with Crippen molar-refractivity contribution >= 4 is 34.7 Å². The zero-order chi connectivity index (χ0) is 17.8. The summed E-state index contributed by atoms with van der Waals surface area (Å²) in [6.45, 7) is 3.01. The van der Waals surface area contributed by atoms with Crippen molar-refractivity contribution in [1.29, 1.82) is 0 Å². The average molecular weight is 376 g/mol. The van der Waals surface area contributed by atoms with E-state index in [-0.39, 0.29) is 5.91 Å². The van der Waals surface area contributed by atoms with E-state index >= 15 is 0 Å². The lowest BCUT2D eigenvalue weighted by Gasteiger charge is -2.29. The lowest BCUT2D eigenvalue weighted by atomic mass is 9.99. The first kappa shape index (κ1) is 17.8. The molecule has 0 N–H and O–H groups in total. The summed E-state index contributed by atoms with van der Waals surface area (Å²) in [5, 5.41) is 0.933. The fourth-order valence-electron chi connectivity index (χ4n) is 2.85. The Morgan fingerprint density at radius 3 is 2.56 bits per heavy atom. The topological polar surface area (TPSA) is 29.5 Å². The highest BCUT2D eigenvalue weighted by atomic mass is 35.5. The highest BCUT2D eigenvalue weighted by Gasteiger charge is 2.24. The van der Waals surface area contributed by atoms with E-state index in [0.717, 1.165) is 6.42 Å². The zero-order valence-electron chi connectivity index (χ0n) is 13.9. The quantitative estimate of drug-likeness (QED) is 0.745. The summed E-state index contributed by atoms with van der Waals surface area (Å²) in [4.78, 5) is 14.4. The molecule has 1 aliphatic rings. The van der Waals surface area contributed by atoms with E-state index in [1.54, 1.807) is 30.0 Å². The SMILES string of the molecule is CC(Oc1ccc(Cl)cc1Cl)C(=O)N1CC=C(c2ccccc2)CC1. The van der Waals surface area contributed by atoms with Crippen LogP contribution < -0.4 is 4.74 Å². The lowest BCUT2D eigenvalue weighted by Crippen LogP contribution is -2.42. The molecule has 0 bridgehead atoms. The van der Waals surface area contributed by atoms with Gasteiger partial charge in [-0.15, -0.1) is 0 Å². The van der Waals surface area contributed by atoms with Crippen LogP contribution in [-0.4, -0.2) is 30.0 Å². The van der Waals surface area contributed by atoms with Crippen LogP contribution in [0.25, 0.3) is 5.57 Å². The van der Waals surface area contributed by atoms with E-state index in [9.17, 15) is 4.79 Å². The molecule has 25 heavy (non-hydrogen) atoms. The number of nitrogens with zero attached hydrogens (tertiary/aromatic N) is 1. The van der Waals surface area contributed by atoms with Gasteiger partial charge in [-0.3, -0.25) is 4.79 Å². The monoisotopic (exact) mass is 375 g/mol. The molecular weight excluding hydrogens is 357 g/mol. The molecule has 0 radical (unpaired) electrons. The first-order valence-corrected chi connectivity index (χ1v) is 8.95. The predicted molar refractivity (Wildman–Crippen MR) is 102 cm³/mol. The Morgan fingerprint density at radius 1 is 1.16 bits per heavy atom.